The predicted molar refractivity (Wildman–Crippen MR) is 62.0 cm³/mol. The molecule has 96 valence electrons. The Morgan fingerprint density at radius 1 is 1.33 bits per heavy atom. The van der Waals surface area contributed by atoms with Crippen LogP contribution in [0, 0.1) is 20.2 Å². The SMILES string of the molecule is CC(Nc1ccc([N+](=O)[O-])cc1[N+](=O)[O-])C(N)=O. The van der Waals surface area contributed by atoms with Gasteiger partial charge in [0.1, 0.15) is 11.7 Å². The van der Waals surface area contributed by atoms with E-state index in [1.54, 1.807) is 0 Å². The monoisotopic (exact) mass is 254 g/mol. The zero-order valence-corrected chi connectivity index (χ0v) is 9.32. The maximum Gasteiger partial charge on any atom is 0.299 e. The third-order valence-corrected chi connectivity index (χ3v) is 2.19. The maximum atomic E-state index is 10.8. The Kier molecular flexibility index (Phi) is 3.77. The van der Waals surface area contributed by atoms with Gasteiger partial charge in [-0.25, -0.2) is 0 Å². The first-order chi connectivity index (χ1) is 8.32. The fourth-order valence-corrected chi connectivity index (χ4v) is 1.21. The highest BCUT2D eigenvalue weighted by molar-refractivity contribution is 5.83. The standard InChI is InChI=1S/C9H10N4O5/c1-5(9(10)14)11-7-3-2-6(12(15)16)4-8(7)13(17)18/h2-5,11H,1H3,(H2,10,14). The van der Waals surface area contributed by atoms with Gasteiger partial charge in [-0.15, -0.1) is 0 Å². The third kappa shape index (κ3) is 2.90. The Morgan fingerprint density at radius 3 is 2.39 bits per heavy atom. The average molecular weight is 254 g/mol. The molecule has 1 aromatic carbocycles. The fourth-order valence-electron chi connectivity index (χ4n) is 1.21. The predicted octanol–water partition coefficient (Wildman–Crippen LogP) is 0.789. The van der Waals surface area contributed by atoms with Crippen LogP contribution in [0.25, 0.3) is 0 Å². The van der Waals surface area contributed by atoms with E-state index in [2.05, 4.69) is 5.32 Å². The van der Waals surface area contributed by atoms with E-state index in [9.17, 15) is 25.0 Å². The Morgan fingerprint density at radius 2 is 1.94 bits per heavy atom. The molecule has 1 atom stereocenters. The van der Waals surface area contributed by atoms with Crippen molar-refractivity contribution in [1.82, 2.24) is 0 Å². The van der Waals surface area contributed by atoms with Gasteiger partial charge >= 0.3 is 0 Å². The summed E-state index contributed by atoms with van der Waals surface area (Å²) in [5, 5.41) is 23.8. The van der Waals surface area contributed by atoms with Gasteiger partial charge in [0.05, 0.1) is 15.9 Å². The number of carbonyl (C=O) groups excluding carboxylic acids is 1. The summed E-state index contributed by atoms with van der Waals surface area (Å²) in [6, 6.07) is 2.25. The number of anilines is 1. The summed E-state index contributed by atoms with van der Waals surface area (Å²) in [7, 11) is 0. The van der Waals surface area contributed by atoms with Crippen molar-refractivity contribution in [1.29, 1.82) is 0 Å². The molecular formula is C9H10N4O5. The molecule has 0 spiro atoms. The first-order valence-electron chi connectivity index (χ1n) is 4.81. The highest BCUT2D eigenvalue weighted by atomic mass is 16.6. The summed E-state index contributed by atoms with van der Waals surface area (Å²) in [4.78, 5) is 30.6. The van der Waals surface area contributed by atoms with Crippen LogP contribution in [-0.2, 0) is 4.79 Å². The van der Waals surface area contributed by atoms with Crippen molar-refractivity contribution in [3.63, 3.8) is 0 Å². The van der Waals surface area contributed by atoms with E-state index < -0.39 is 33.2 Å². The lowest BCUT2D eigenvalue weighted by Gasteiger charge is -2.11. The Bertz CT molecular complexity index is 516. The zero-order valence-electron chi connectivity index (χ0n) is 9.32. The van der Waals surface area contributed by atoms with Crippen LogP contribution in [0.1, 0.15) is 6.92 Å². The second-order valence-corrected chi connectivity index (χ2v) is 3.48. The van der Waals surface area contributed by atoms with Gasteiger partial charge in [0, 0.05) is 6.07 Å². The summed E-state index contributed by atoms with van der Waals surface area (Å²) < 4.78 is 0. The lowest BCUT2D eigenvalue weighted by molar-refractivity contribution is -0.393. The van der Waals surface area contributed by atoms with Gasteiger partial charge < -0.3 is 11.1 Å². The number of non-ortho nitro benzene ring substituents is 1. The molecule has 1 unspecified atom stereocenters. The average Bonchev–Trinajstić information content (AvgIpc) is 2.28. The number of hydrogen-bond acceptors (Lipinski definition) is 6. The molecular weight excluding hydrogens is 244 g/mol. The molecule has 9 heteroatoms. The molecule has 0 bridgehead atoms. The number of nitrogens with zero attached hydrogens (tertiary/aromatic N) is 2. The molecule has 0 radical (unpaired) electrons. The molecule has 3 N–H and O–H groups in total. The Balaban J connectivity index is 3.16. The lowest BCUT2D eigenvalue weighted by Crippen LogP contribution is -2.32. The molecule has 0 aliphatic heterocycles. The van der Waals surface area contributed by atoms with Gasteiger partial charge in [-0.3, -0.25) is 25.0 Å². The van der Waals surface area contributed by atoms with Gasteiger partial charge in [-0.05, 0) is 13.0 Å². The first-order valence-corrected chi connectivity index (χ1v) is 4.81. The number of hydrogen-bond donors (Lipinski definition) is 2. The number of rotatable bonds is 5. The normalized spacial score (nSPS) is 11.6. The van der Waals surface area contributed by atoms with Crippen LogP contribution >= 0.6 is 0 Å². The number of nitro groups is 2. The van der Waals surface area contributed by atoms with Gasteiger partial charge in [-0.2, -0.15) is 0 Å². The minimum atomic E-state index is -0.829. The lowest BCUT2D eigenvalue weighted by atomic mass is 10.2. The zero-order chi connectivity index (χ0) is 13.9. The van der Waals surface area contributed by atoms with Crippen molar-refractivity contribution in [2.45, 2.75) is 13.0 Å². The molecule has 0 fully saturated rings. The molecule has 0 aliphatic carbocycles. The quantitative estimate of drug-likeness (QED) is 0.587. The number of amides is 1. The second-order valence-electron chi connectivity index (χ2n) is 3.48. The number of nitrogens with two attached hydrogens (primary N) is 1. The van der Waals surface area contributed by atoms with Crippen molar-refractivity contribution in [3.05, 3.63) is 38.4 Å². The van der Waals surface area contributed by atoms with Crippen molar-refractivity contribution in [3.8, 4) is 0 Å². The van der Waals surface area contributed by atoms with Gasteiger partial charge in [0.15, 0.2) is 0 Å². The number of primary amides is 1. The number of carbonyl (C=O) groups is 1. The van der Waals surface area contributed by atoms with Crippen molar-refractivity contribution < 1.29 is 14.6 Å². The molecule has 0 saturated heterocycles. The van der Waals surface area contributed by atoms with Gasteiger partial charge in [0.25, 0.3) is 11.4 Å². The van der Waals surface area contributed by atoms with Crippen LogP contribution < -0.4 is 11.1 Å². The maximum absolute atomic E-state index is 10.8. The minimum Gasteiger partial charge on any atom is -0.368 e. The van der Waals surface area contributed by atoms with Gasteiger partial charge in [-0.1, -0.05) is 0 Å². The molecule has 0 saturated carbocycles. The molecule has 0 aromatic heterocycles. The van der Waals surface area contributed by atoms with Crippen LogP contribution in [0.5, 0.6) is 0 Å². The molecule has 18 heavy (non-hydrogen) atoms. The molecule has 1 amide bonds. The summed E-state index contributed by atoms with van der Waals surface area (Å²) >= 11 is 0. The molecule has 1 rings (SSSR count). The van der Waals surface area contributed by atoms with Crippen LogP contribution in [0.15, 0.2) is 18.2 Å². The van der Waals surface area contributed by atoms with Crippen molar-refractivity contribution >= 4 is 23.0 Å². The van der Waals surface area contributed by atoms with Crippen molar-refractivity contribution in [2.75, 3.05) is 5.32 Å². The third-order valence-electron chi connectivity index (χ3n) is 2.19. The first kappa shape index (κ1) is 13.4. The molecule has 0 heterocycles. The van der Waals surface area contributed by atoms with Crippen molar-refractivity contribution in [2.24, 2.45) is 5.73 Å². The summed E-state index contributed by atoms with van der Waals surface area (Å²) in [5.74, 6) is -0.692. The largest absolute Gasteiger partial charge is 0.368 e. The topological polar surface area (TPSA) is 141 Å². The van der Waals surface area contributed by atoms with Crippen LogP contribution in [-0.4, -0.2) is 21.8 Å². The van der Waals surface area contributed by atoms with E-state index in [1.807, 2.05) is 0 Å². The van der Waals surface area contributed by atoms with E-state index in [1.165, 1.54) is 6.92 Å². The molecule has 0 aliphatic rings. The fraction of sp³-hybridized carbons (Fsp3) is 0.222. The number of nitro benzene ring substituents is 2. The molecule has 9 nitrogen and oxygen atoms in total. The highest BCUT2D eigenvalue weighted by Crippen LogP contribution is 2.29. The minimum absolute atomic E-state index is 0.00287. The summed E-state index contributed by atoms with van der Waals surface area (Å²) in [6.45, 7) is 1.42. The number of benzene rings is 1. The summed E-state index contributed by atoms with van der Waals surface area (Å²) in [6.07, 6.45) is 0. The van der Waals surface area contributed by atoms with E-state index in [-0.39, 0.29) is 5.69 Å². The second kappa shape index (κ2) is 5.08. The summed E-state index contributed by atoms with van der Waals surface area (Å²) in [5.41, 5.74) is 4.11. The highest BCUT2D eigenvalue weighted by Gasteiger charge is 2.21. The van der Waals surface area contributed by atoms with Gasteiger partial charge in [0.2, 0.25) is 5.91 Å². The smallest absolute Gasteiger partial charge is 0.299 e. The Labute approximate surface area is 101 Å². The van der Waals surface area contributed by atoms with E-state index in [0.29, 0.717) is 0 Å². The van der Waals surface area contributed by atoms with E-state index in [0.717, 1.165) is 18.2 Å². The van der Waals surface area contributed by atoms with Crippen LogP contribution in [0.2, 0.25) is 0 Å². The van der Waals surface area contributed by atoms with Crippen LogP contribution in [0.4, 0.5) is 17.1 Å². The number of nitrogens with one attached hydrogen (secondary N) is 1. The van der Waals surface area contributed by atoms with Crippen LogP contribution in [0.3, 0.4) is 0 Å². The molecule has 1 aromatic rings. The Hall–Kier alpha value is -2.71. The van der Waals surface area contributed by atoms with E-state index in [4.69, 9.17) is 5.73 Å². The van der Waals surface area contributed by atoms with E-state index >= 15 is 0 Å².